The zero-order valence-corrected chi connectivity index (χ0v) is 27.0. The molecule has 6 heavy (non-hydrogen) atoms. The summed E-state index contributed by atoms with van der Waals surface area (Å²) in [5.41, 5.74) is 0. The van der Waals surface area contributed by atoms with Gasteiger partial charge >= 0.3 is 233 Å². The molecule has 0 heterocycles. The zero-order valence-electron chi connectivity index (χ0n) is 4.82. The minimum atomic E-state index is 0. The third-order valence-electron chi connectivity index (χ3n) is 0. The maximum Gasteiger partial charge on any atom is 1.00 e. The van der Waals surface area contributed by atoms with Gasteiger partial charge in [0.15, 0.2) is 0 Å². The van der Waals surface area contributed by atoms with Crippen LogP contribution in [0.1, 0.15) is 0 Å². The second kappa shape index (κ2) is 29.2. The van der Waals surface area contributed by atoms with E-state index in [1.165, 1.54) is 0 Å². The van der Waals surface area contributed by atoms with Gasteiger partial charge in [-0.1, -0.05) is 0 Å². The molecule has 0 aromatic heterocycles. The third kappa shape index (κ3) is 22.7. The first-order valence-corrected chi connectivity index (χ1v) is 0. The largest absolute Gasteiger partial charge is 2.00 e. The molecule has 0 aliphatic rings. The van der Waals surface area contributed by atoms with Crippen molar-refractivity contribution in [3.05, 3.63) is 0 Å². The molecule has 0 aliphatic carbocycles. The van der Waals surface area contributed by atoms with E-state index in [4.69, 9.17) is 0 Å². The van der Waals surface area contributed by atoms with Crippen molar-refractivity contribution in [1.29, 1.82) is 0 Å². The predicted octanol–water partition coefficient (Wildman–Crippen LogP) is -12.4. The number of hydrogen-bond donors (Lipinski definition) is 0. The van der Waals surface area contributed by atoms with E-state index in [1.807, 2.05) is 0 Å². The van der Waals surface area contributed by atoms with E-state index < -0.39 is 0 Å². The molecular formula is Rb4SSe. The van der Waals surface area contributed by atoms with Crippen LogP contribution in [0, 0.1) is 0 Å². The van der Waals surface area contributed by atoms with Gasteiger partial charge in [0.2, 0.25) is 0 Å². The van der Waals surface area contributed by atoms with Crippen molar-refractivity contribution in [3.8, 4) is 0 Å². The molecule has 0 rings (SSSR count). The van der Waals surface area contributed by atoms with E-state index in [9.17, 15) is 0 Å². The van der Waals surface area contributed by atoms with E-state index in [0.29, 0.717) is 0 Å². The van der Waals surface area contributed by atoms with E-state index >= 15 is 0 Å². The first kappa shape index (κ1) is 36.9. The Balaban J connectivity index is 0. The Hall–Kier alpha value is 8.09. The predicted molar refractivity (Wildman–Crippen MR) is 13.1 cm³/mol. The minimum Gasteiger partial charge on any atom is -2.00 e. The molecule has 0 unspecified atom stereocenters. The minimum absolute atomic E-state index is 0. The van der Waals surface area contributed by atoms with Gasteiger partial charge in [-0.15, -0.1) is 0 Å². The van der Waals surface area contributed by atoms with Gasteiger partial charge in [-0.3, -0.25) is 0 Å². The van der Waals surface area contributed by atoms with Gasteiger partial charge in [0.05, 0.1) is 0 Å². The molecule has 0 saturated heterocycles. The van der Waals surface area contributed by atoms with Crippen LogP contribution in [-0.4, -0.2) is 17.1 Å². The maximum atomic E-state index is 0. The monoisotopic (exact) mass is 452 g/mol. The van der Waals surface area contributed by atoms with Crippen LogP contribution in [0.3, 0.4) is 0 Å². The Bertz CT molecular complexity index is 7.51. The quantitative estimate of drug-likeness (QED) is 0.320. The van der Waals surface area contributed by atoms with Gasteiger partial charge in [0.25, 0.3) is 0 Å². The fourth-order valence-electron chi connectivity index (χ4n) is 0. The Morgan fingerprint density at radius 2 is 0.500 bits per heavy atom. The van der Waals surface area contributed by atoms with Crippen molar-refractivity contribution in [1.82, 2.24) is 0 Å². The first-order valence-electron chi connectivity index (χ1n) is 0. The van der Waals surface area contributed by atoms with E-state index in [-0.39, 0.29) is 263 Å². The van der Waals surface area contributed by atoms with Gasteiger partial charge in [0.1, 0.15) is 0 Å². The van der Waals surface area contributed by atoms with Crippen LogP contribution in [0.5, 0.6) is 0 Å². The molecule has 0 amide bonds. The maximum absolute atomic E-state index is 0. The fraction of sp³-hybridized carbons (Fsp3) is 0. The summed E-state index contributed by atoms with van der Waals surface area (Å²) < 4.78 is 0. The van der Waals surface area contributed by atoms with E-state index in [0.717, 1.165) is 0 Å². The molecule has 0 atom stereocenters. The van der Waals surface area contributed by atoms with Gasteiger partial charge in [-0.05, 0) is 0 Å². The van der Waals surface area contributed by atoms with Crippen LogP contribution in [-0.2, 0) is 13.5 Å². The van der Waals surface area contributed by atoms with Crippen molar-refractivity contribution in [3.63, 3.8) is 0 Å². The van der Waals surface area contributed by atoms with Crippen LogP contribution in [0.25, 0.3) is 0 Å². The van der Waals surface area contributed by atoms with Crippen molar-refractivity contribution in [2.24, 2.45) is 0 Å². The molecule has 0 aromatic rings. The smallest absolute Gasteiger partial charge is 1.00 e. The molecule has 0 aromatic carbocycles. The molecule has 0 radical (unpaired) electrons. The summed E-state index contributed by atoms with van der Waals surface area (Å²) in [5.74, 6) is 0. The summed E-state index contributed by atoms with van der Waals surface area (Å²) in [4.78, 5) is 0. The van der Waals surface area contributed by atoms with Crippen molar-refractivity contribution in [2.75, 3.05) is 0 Å². The van der Waals surface area contributed by atoms with Gasteiger partial charge in [-0.2, -0.15) is 0 Å². The van der Waals surface area contributed by atoms with Crippen LogP contribution in [0.15, 0.2) is 0 Å². The van der Waals surface area contributed by atoms with E-state index in [1.54, 1.807) is 0 Å². The summed E-state index contributed by atoms with van der Waals surface area (Å²) >= 11 is 0. The summed E-state index contributed by atoms with van der Waals surface area (Å²) in [6, 6.07) is 0. The average Bonchev–Trinajstić information content (AvgIpc) is 0. The van der Waals surface area contributed by atoms with Crippen molar-refractivity contribution >= 4 is 30.6 Å². The van der Waals surface area contributed by atoms with Crippen LogP contribution in [0.4, 0.5) is 0 Å². The molecule has 0 spiro atoms. The SMILES string of the molecule is [Rb+].[Rb+].[Rb+].[Rb+].[S-2].[Se-2]. The van der Waals surface area contributed by atoms with E-state index in [2.05, 4.69) is 0 Å². The van der Waals surface area contributed by atoms with Crippen LogP contribution < -0.4 is 233 Å². The number of hydrogen-bond acceptors (Lipinski definition) is 0. The molecule has 0 aliphatic heterocycles. The van der Waals surface area contributed by atoms with Gasteiger partial charge in [0, 0.05) is 0 Å². The second-order valence-electron chi connectivity index (χ2n) is 0. The molecule has 0 fully saturated rings. The first-order chi connectivity index (χ1) is 0. The summed E-state index contributed by atoms with van der Waals surface area (Å²) in [6.07, 6.45) is 0. The van der Waals surface area contributed by atoms with Crippen LogP contribution in [0.2, 0.25) is 0 Å². The average molecular weight is 453 g/mol. The van der Waals surface area contributed by atoms with Gasteiger partial charge in [-0.25, -0.2) is 0 Å². The molecule has 0 bridgehead atoms. The Kier molecular flexibility index (Phi) is 180. The topological polar surface area (TPSA) is 0 Å². The second-order valence-corrected chi connectivity index (χ2v) is 0. The molecule has 16 valence electrons. The van der Waals surface area contributed by atoms with Gasteiger partial charge < -0.3 is 30.6 Å². The van der Waals surface area contributed by atoms with Crippen molar-refractivity contribution < 1.29 is 233 Å². The molecule has 6 heteroatoms. The number of rotatable bonds is 0. The summed E-state index contributed by atoms with van der Waals surface area (Å²) in [6.45, 7) is 0. The fourth-order valence-corrected chi connectivity index (χ4v) is 0. The summed E-state index contributed by atoms with van der Waals surface area (Å²) in [5, 5.41) is 0. The van der Waals surface area contributed by atoms with Crippen LogP contribution >= 0.6 is 0 Å². The molecule has 0 saturated carbocycles. The summed E-state index contributed by atoms with van der Waals surface area (Å²) in [7, 11) is 0. The normalized spacial score (nSPS) is 0. The Labute approximate surface area is 252 Å². The Morgan fingerprint density at radius 3 is 0.500 bits per heavy atom. The Morgan fingerprint density at radius 1 is 0.500 bits per heavy atom. The third-order valence-corrected chi connectivity index (χ3v) is 0. The molecule has 0 nitrogen and oxygen atoms in total. The molecular weight excluding hydrogens is 453 g/mol. The standard InChI is InChI=1S/4Rb.S.Se/q4*+1;2*-2. The molecule has 0 N–H and O–H groups in total. The zero-order chi connectivity index (χ0) is 0. The van der Waals surface area contributed by atoms with Crippen molar-refractivity contribution in [2.45, 2.75) is 0 Å².